The third-order valence-electron chi connectivity index (χ3n) is 3.32. The van der Waals surface area contributed by atoms with Gasteiger partial charge in [0.25, 0.3) is 5.91 Å². The lowest BCUT2D eigenvalue weighted by Gasteiger charge is -2.22. The summed E-state index contributed by atoms with van der Waals surface area (Å²) in [6.45, 7) is 5.45. The largest absolute Gasteiger partial charge is 0.390 e. The van der Waals surface area contributed by atoms with Gasteiger partial charge in [-0.2, -0.15) is 13.2 Å². The summed E-state index contributed by atoms with van der Waals surface area (Å²) < 4.78 is 36.5. The number of halogens is 3. The first-order chi connectivity index (χ1) is 9.78. The van der Waals surface area contributed by atoms with Crippen LogP contribution in [0.4, 0.5) is 18.9 Å². The van der Waals surface area contributed by atoms with Crippen molar-refractivity contribution in [2.75, 3.05) is 31.6 Å². The van der Waals surface area contributed by atoms with Crippen LogP contribution < -0.4 is 4.90 Å². The third kappa shape index (κ3) is 5.28. The minimum absolute atomic E-state index is 0.333. The zero-order chi connectivity index (χ0) is 16.0. The highest BCUT2D eigenvalue weighted by Crippen LogP contribution is 2.20. The Morgan fingerprint density at radius 2 is 1.62 bits per heavy atom. The lowest BCUT2D eigenvalue weighted by molar-refractivity contribution is -0.136. The zero-order valence-electron chi connectivity index (χ0n) is 12.6. The van der Waals surface area contributed by atoms with E-state index < -0.39 is 18.5 Å². The summed E-state index contributed by atoms with van der Waals surface area (Å²) in [6, 6.07) is 6.94. The quantitative estimate of drug-likeness (QED) is 0.802. The van der Waals surface area contributed by atoms with Crippen molar-refractivity contribution in [3.8, 4) is 0 Å². The van der Waals surface area contributed by atoms with E-state index in [0.29, 0.717) is 5.56 Å². The molecule has 1 aromatic carbocycles. The molecule has 0 radical (unpaired) electrons. The van der Waals surface area contributed by atoms with E-state index in [9.17, 15) is 18.0 Å². The summed E-state index contributed by atoms with van der Waals surface area (Å²) in [4.78, 5) is 15.3. The first-order valence-corrected chi connectivity index (χ1v) is 6.95. The average Bonchev–Trinajstić information content (AvgIpc) is 2.45. The molecule has 0 heterocycles. The highest BCUT2D eigenvalue weighted by Gasteiger charge is 2.28. The van der Waals surface area contributed by atoms with Crippen molar-refractivity contribution in [1.82, 2.24) is 4.90 Å². The van der Waals surface area contributed by atoms with Gasteiger partial charge in [-0.25, -0.2) is 0 Å². The standard InChI is InChI=1S/C15H21F3N2O/c1-4-20(5-2)13-8-6-12(7-9-13)14(21)19(3)11-10-15(16,17)18/h6-9H,4-5,10-11H2,1-3H3. The van der Waals surface area contributed by atoms with Gasteiger partial charge in [-0.15, -0.1) is 0 Å². The molecule has 0 unspecified atom stereocenters. The van der Waals surface area contributed by atoms with E-state index in [1.165, 1.54) is 7.05 Å². The fourth-order valence-corrected chi connectivity index (χ4v) is 2.02. The molecule has 21 heavy (non-hydrogen) atoms. The van der Waals surface area contributed by atoms with Crippen LogP contribution in [-0.2, 0) is 0 Å². The van der Waals surface area contributed by atoms with Crippen molar-refractivity contribution in [2.45, 2.75) is 26.4 Å². The topological polar surface area (TPSA) is 23.6 Å². The summed E-state index contributed by atoms with van der Waals surface area (Å²) in [5, 5.41) is 0. The third-order valence-corrected chi connectivity index (χ3v) is 3.32. The molecule has 0 saturated heterocycles. The number of amides is 1. The van der Waals surface area contributed by atoms with Gasteiger partial charge in [0.05, 0.1) is 6.42 Å². The molecule has 0 aliphatic heterocycles. The van der Waals surface area contributed by atoms with Crippen LogP contribution in [0.1, 0.15) is 30.6 Å². The monoisotopic (exact) mass is 302 g/mol. The minimum Gasteiger partial charge on any atom is -0.372 e. The Morgan fingerprint density at radius 3 is 2.05 bits per heavy atom. The number of alkyl halides is 3. The Hall–Kier alpha value is -1.72. The predicted octanol–water partition coefficient (Wildman–Crippen LogP) is 3.56. The van der Waals surface area contributed by atoms with Crippen molar-refractivity contribution in [3.05, 3.63) is 29.8 Å². The van der Waals surface area contributed by atoms with Crippen molar-refractivity contribution in [2.24, 2.45) is 0 Å². The number of hydrogen-bond donors (Lipinski definition) is 0. The van der Waals surface area contributed by atoms with Gasteiger partial charge in [0.2, 0.25) is 0 Å². The second-order valence-corrected chi connectivity index (χ2v) is 4.81. The molecule has 0 fully saturated rings. The Balaban J connectivity index is 2.70. The number of hydrogen-bond acceptors (Lipinski definition) is 2. The maximum atomic E-state index is 12.2. The Bertz CT molecular complexity index is 453. The highest BCUT2D eigenvalue weighted by molar-refractivity contribution is 5.94. The molecule has 3 nitrogen and oxygen atoms in total. The fourth-order valence-electron chi connectivity index (χ4n) is 2.02. The molecule has 0 aliphatic carbocycles. The van der Waals surface area contributed by atoms with Gasteiger partial charge < -0.3 is 9.80 Å². The zero-order valence-corrected chi connectivity index (χ0v) is 12.6. The van der Waals surface area contributed by atoms with Crippen LogP contribution in [0.15, 0.2) is 24.3 Å². The molecule has 0 atom stereocenters. The number of carbonyl (C=O) groups excluding carboxylic acids is 1. The van der Waals surface area contributed by atoms with E-state index >= 15 is 0 Å². The molecule has 0 aliphatic rings. The molecular weight excluding hydrogens is 281 g/mol. The fraction of sp³-hybridized carbons (Fsp3) is 0.533. The van der Waals surface area contributed by atoms with Crippen molar-refractivity contribution >= 4 is 11.6 Å². The molecule has 0 N–H and O–H groups in total. The van der Waals surface area contributed by atoms with E-state index in [-0.39, 0.29) is 6.54 Å². The van der Waals surface area contributed by atoms with Crippen LogP contribution in [0.25, 0.3) is 0 Å². The molecule has 0 bridgehead atoms. The smallest absolute Gasteiger partial charge is 0.372 e. The van der Waals surface area contributed by atoms with E-state index in [0.717, 1.165) is 23.7 Å². The summed E-state index contributed by atoms with van der Waals surface area (Å²) in [7, 11) is 1.38. The first-order valence-electron chi connectivity index (χ1n) is 6.95. The molecule has 6 heteroatoms. The SMILES string of the molecule is CCN(CC)c1ccc(C(=O)N(C)CCC(F)(F)F)cc1. The number of nitrogens with zero attached hydrogens (tertiary/aromatic N) is 2. The molecule has 0 aromatic heterocycles. The summed E-state index contributed by atoms with van der Waals surface area (Å²) in [5.41, 5.74) is 1.39. The number of carbonyl (C=O) groups is 1. The maximum Gasteiger partial charge on any atom is 0.390 e. The van der Waals surface area contributed by atoms with Gasteiger partial charge in [0, 0.05) is 37.9 Å². The molecular formula is C15H21F3N2O. The van der Waals surface area contributed by atoms with Gasteiger partial charge in [0.15, 0.2) is 0 Å². The van der Waals surface area contributed by atoms with Crippen LogP contribution in [0.5, 0.6) is 0 Å². The summed E-state index contributed by atoms with van der Waals surface area (Å²) in [5.74, 6) is -0.398. The lowest BCUT2D eigenvalue weighted by Crippen LogP contribution is -2.30. The van der Waals surface area contributed by atoms with E-state index in [4.69, 9.17) is 0 Å². The van der Waals surface area contributed by atoms with Gasteiger partial charge in [-0.05, 0) is 38.1 Å². The van der Waals surface area contributed by atoms with Gasteiger partial charge in [0.1, 0.15) is 0 Å². The summed E-state index contributed by atoms with van der Waals surface area (Å²) in [6.07, 6.45) is -5.24. The number of rotatable bonds is 6. The van der Waals surface area contributed by atoms with Crippen LogP contribution in [-0.4, -0.2) is 43.7 Å². The second-order valence-electron chi connectivity index (χ2n) is 4.81. The maximum absolute atomic E-state index is 12.2. The average molecular weight is 302 g/mol. The van der Waals surface area contributed by atoms with Crippen LogP contribution in [0, 0.1) is 0 Å². The molecule has 118 valence electrons. The second kappa shape index (κ2) is 7.33. The predicted molar refractivity (Wildman–Crippen MR) is 77.6 cm³/mol. The molecule has 1 rings (SSSR count). The van der Waals surface area contributed by atoms with Crippen molar-refractivity contribution in [3.63, 3.8) is 0 Å². The van der Waals surface area contributed by atoms with Crippen LogP contribution in [0.2, 0.25) is 0 Å². The lowest BCUT2D eigenvalue weighted by atomic mass is 10.1. The van der Waals surface area contributed by atoms with Crippen molar-refractivity contribution < 1.29 is 18.0 Å². The summed E-state index contributed by atoms with van der Waals surface area (Å²) >= 11 is 0. The van der Waals surface area contributed by atoms with Crippen molar-refractivity contribution in [1.29, 1.82) is 0 Å². The molecule has 1 aromatic rings. The Labute approximate surface area is 123 Å². The minimum atomic E-state index is -4.25. The number of benzene rings is 1. The Kier molecular flexibility index (Phi) is 6.05. The molecule has 0 spiro atoms. The van der Waals surface area contributed by atoms with E-state index in [2.05, 4.69) is 4.90 Å². The first kappa shape index (κ1) is 17.3. The Morgan fingerprint density at radius 1 is 1.10 bits per heavy atom. The normalized spacial score (nSPS) is 11.3. The van der Waals surface area contributed by atoms with E-state index in [1.807, 2.05) is 26.0 Å². The van der Waals surface area contributed by atoms with Crippen LogP contribution in [0.3, 0.4) is 0 Å². The van der Waals surface area contributed by atoms with Crippen LogP contribution >= 0.6 is 0 Å². The molecule has 0 saturated carbocycles. The van der Waals surface area contributed by atoms with Gasteiger partial charge in [-0.1, -0.05) is 0 Å². The van der Waals surface area contributed by atoms with Gasteiger partial charge in [-0.3, -0.25) is 4.79 Å². The highest BCUT2D eigenvalue weighted by atomic mass is 19.4. The molecule has 1 amide bonds. The van der Waals surface area contributed by atoms with E-state index in [1.54, 1.807) is 12.1 Å². The van der Waals surface area contributed by atoms with Gasteiger partial charge >= 0.3 is 6.18 Å². The number of anilines is 1.